The molecule has 3 heterocycles. The Morgan fingerprint density at radius 1 is 0.873 bits per heavy atom. The maximum atomic E-state index is 15.4. The van der Waals surface area contributed by atoms with Crippen molar-refractivity contribution in [2.24, 2.45) is 9.98 Å². The lowest BCUT2D eigenvalue weighted by atomic mass is 9.80. The minimum Gasteiger partial charge on any atom is -0.497 e. The third-order valence-corrected chi connectivity index (χ3v) is 13.6. The zero-order valence-corrected chi connectivity index (χ0v) is 38.7. The number of methoxy groups -OCH3 is 2. The molecule has 4 atom stereocenters. The van der Waals surface area contributed by atoms with E-state index in [4.69, 9.17) is 33.4 Å². The Labute approximate surface area is 370 Å². The molecule has 1 aliphatic heterocycles. The Kier molecular flexibility index (Phi) is 15.3. The van der Waals surface area contributed by atoms with Gasteiger partial charge in [-0.2, -0.15) is 5.26 Å². The number of aromatic nitrogens is 4. The van der Waals surface area contributed by atoms with Gasteiger partial charge in [-0.25, -0.2) is 29.6 Å². The summed E-state index contributed by atoms with van der Waals surface area (Å²) in [4.78, 5) is 26.9. The number of nitrogens with zero attached hydrogens (tertiary/aromatic N) is 10. The third kappa shape index (κ3) is 10.4. The number of aliphatic imine (C=N–C) groups is 2. The number of benzene rings is 3. The van der Waals surface area contributed by atoms with E-state index < -0.39 is 31.6 Å². The van der Waals surface area contributed by atoms with Crippen molar-refractivity contribution in [3.05, 3.63) is 102 Å². The van der Waals surface area contributed by atoms with Crippen molar-refractivity contribution < 1.29 is 28.0 Å². The Balaban J connectivity index is 1.53. The summed E-state index contributed by atoms with van der Waals surface area (Å²) in [5.41, 5.74) is 2.21. The highest BCUT2D eigenvalue weighted by Gasteiger charge is 2.47. The van der Waals surface area contributed by atoms with Gasteiger partial charge in [-0.1, -0.05) is 54.6 Å². The van der Waals surface area contributed by atoms with Gasteiger partial charge >= 0.3 is 0 Å². The smallest absolute Gasteiger partial charge is 0.274 e. The first kappa shape index (κ1) is 46.8. The molecular formula is C46H59N10O6P. The molecule has 0 spiro atoms. The summed E-state index contributed by atoms with van der Waals surface area (Å²) in [6, 6.07) is 27.5. The van der Waals surface area contributed by atoms with Gasteiger partial charge in [0.05, 0.1) is 51.8 Å². The summed E-state index contributed by atoms with van der Waals surface area (Å²) in [5.74, 6) is 2.05. The van der Waals surface area contributed by atoms with Gasteiger partial charge in [-0.15, -0.1) is 0 Å². The molecule has 1 saturated heterocycles. The van der Waals surface area contributed by atoms with Crippen LogP contribution in [0.4, 0.5) is 11.8 Å². The highest BCUT2D eigenvalue weighted by molar-refractivity contribution is 7.56. The van der Waals surface area contributed by atoms with Crippen LogP contribution >= 0.6 is 7.52 Å². The van der Waals surface area contributed by atoms with Gasteiger partial charge < -0.3 is 33.3 Å². The van der Waals surface area contributed by atoms with Crippen LogP contribution in [0.3, 0.4) is 0 Å². The second-order valence-corrected chi connectivity index (χ2v) is 18.6. The molecule has 0 saturated carbocycles. The number of nitriles is 1. The van der Waals surface area contributed by atoms with Gasteiger partial charge in [0.25, 0.3) is 7.52 Å². The van der Waals surface area contributed by atoms with Crippen LogP contribution < -0.4 is 9.47 Å². The molecule has 63 heavy (non-hydrogen) atoms. The SMILES string of the molecule is COc1ccc(C(OC[C@H]2O[C@@H](n3c(/N=C/N(C)C)nc4c(/N=C/N(C)C)ncnc43)C[C@@H]2OP(=O)(CCC#N)N(C(C)C)C(C)C)(c2ccccc2)c2ccc(OC)cc2)cc1. The number of hydrogen-bond donors (Lipinski definition) is 0. The summed E-state index contributed by atoms with van der Waals surface area (Å²) in [6.07, 6.45) is 2.65. The number of fused-ring (bicyclic) bond motifs is 1. The van der Waals surface area contributed by atoms with Crippen LogP contribution in [0.1, 0.15) is 63.5 Å². The molecule has 1 fully saturated rings. The minimum absolute atomic E-state index is 0.0218. The van der Waals surface area contributed by atoms with Crippen LogP contribution in [0.15, 0.2) is 95.2 Å². The first-order valence-corrected chi connectivity index (χ1v) is 22.7. The van der Waals surface area contributed by atoms with Gasteiger partial charge in [0.1, 0.15) is 35.8 Å². The average Bonchev–Trinajstić information content (AvgIpc) is 3.85. The molecule has 0 aliphatic carbocycles. The predicted octanol–water partition coefficient (Wildman–Crippen LogP) is 8.19. The Morgan fingerprint density at radius 2 is 1.44 bits per heavy atom. The molecular weight excluding hydrogens is 820 g/mol. The molecule has 334 valence electrons. The van der Waals surface area contributed by atoms with Crippen LogP contribution in [-0.2, 0) is 24.2 Å². The van der Waals surface area contributed by atoms with Gasteiger partial charge in [0.2, 0.25) is 5.95 Å². The molecule has 5 aromatic rings. The first-order chi connectivity index (χ1) is 30.2. The Morgan fingerprint density at radius 3 is 1.98 bits per heavy atom. The van der Waals surface area contributed by atoms with Crippen LogP contribution in [0.5, 0.6) is 11.5 Å². The van der Waals surface area contributed by atoms with Crippen LogP contribution in [0.25, 0.3) is 11.2 Å². The fourth-order valence-corrected chi connectivity index (χ4v) is 10.9. The lowest BCUT2D eigenvalue weighted by Gasteiger charge is -2.39. The van der Waals surface area contributed by atoms with E-state index in [1.54, 1.807) is 36.7 Å². The number of hydrogen-bond acceptors (Lipinski definition) is 12. The van der Waals surface area contributed by atoms with Crippen LogP contribution in [-0.4, -0.2) is 126 Å². The van der Waals surface area contributed by atoms with E-state index >= 15 is 4.57 Å². The molecule has 2 aromatic heterocycles. The van der Waals surface area contributed by atoms with Gasteiger partial charge in [-0.05, 0) is 68.7 Å². The van der Waals surface area contributed by atoms with Gasteiger partial charge in [0, 0.05) is 53.1 Å². The van der Waals surface area contributed by atoms with Crippen molar-refractivity contribution >= 4 is 43.1 Å². The van der Waals surface area contributed by atoms with Crippen molar-refractivity contribution in [3.8, 4) is 17.6 Å². The second kappa shape index (κ2) is 20.7. The molecule has 3 aromatic carbocycles. The molecule has 6 rings (SSSR count). The van der Waals surface area contributed by atoms with Crippen molar-refractivity contribution in [1.82, 2.24) is 34.0 Å². The summed E-state index contributed by atoms with van der Waals surface area (Å²) in [7, 11) is 7.05. The van der Waals surface area contributed by atoms with Crippen LogP contribution in [0.2, 0.25) is 0 Å². The van der Waals surface area contributed by atoms with Crippen LogP contribution in [0, 0.1) is 11.3 Å². The standard InChI is InChI=1S/C46H59N10O6P/c1-32(2)56(33(3)4)63(57,26-14-25-47)62-39-27-41(55-44-42(52-45(55)51-31-54(7)8)43(48-29-49-44)50-30-53(5)6)61-40(39)28-60-46(34-15-12-11-13-16-34,35-17-21-37(58-9)22-18-35)36-19-23-38(59-10)24-20-36/h11-13,15-24,29-33,39-41H,14,26-28H2,1-10H3/b50-30+,51-31+/t39-,40+,41+,63?/m0/s1. The maximum Gasteiger partial charge on any atom is 0.274 e. The van der Waals surface area contributed by atoms with E-state index in [0.29, 0.717) is 34.4 Å². The first-order valence-electron chi connectivity index (χ1n) is 21.0. The van der Waals surface area contributed by atoms with Gasteiger partial charge in [-0.3, -0.25) is 9.13 Å². The van der Waals surface area contributed by atoms with E-state index in [2.05, 4.69) is 21.0 Å². The summed E-state index contributed by atoms with van der Waals surface area (Å²) in [5, 5.41) is 9.79. The monoisotopic (exact) mass is 878 g/mol. The van der Waals surface area contributed by atoms with E-state index in [0.717, 1.165) is 16.7 Å². The molecule has 0 amide bonds. The summed E-state index contributed by atoms with van der Waals surface area (Å²) in [6.45, 7) is 7.91. The highest BCUT2D eigenvalue weighted by atomic mass is 31.2. The van der Waals surface area contributed by atoms with Crippen molar-refractivity contribution in [2.45, 2.75) is 76.7 Å². The zero-order valence-electron chi connectivity index (χ0n) is 37.8. The van der Waals surface area contributed by atoms with E-state index in [1.807, 2.05) is 144 Å². The lowest BCUT2D eigenvalue weighted by molar-refractivity contribution is -0.0905. The molecule has 0 bridgehead atoms. The average molecular weight is 879 g/mol. The largest absolute Gasteiger partial charge is 0.497 e. The molecule has 0 radical (unpaired) electrons. The normalized spacial score (nSPS) is 17.9. The Hall–Kier alpha value is -5.69. The third-order valence-electron chi connectivity index (χ3n) is 10.6. The Bertz CT molecular complexity index is 2360. The predicted molar refractivity (Wildman–Crippen MR) is 245 cm³/mol. The molecule has 17 heteroatoms. The van der Waals surface area contributed by atoms with Crippen molar-refractivity contribution in [1.29, 1.82) is 5.26 Å². The number of imidazole rings is 1. The van der Waals surface area contributed by atoms with Crippen molar-refractivity contribution in [2.75, 3.05) is 55.2 Å². The topological polar surface area (TPSA) is 165 Å². The molecule has 1 aliphatic rings. The quantitative estimate of drug-likeness (QED) is 0.0318. The van der Waals surface area contributed by atoms with E-state index in [-0.39, 0.29) is 37.7 Å². The molecule has 1 unspecified atom stereocenters. The van der Waals surface area contributed by atoms with Crippen molar-refractivity contribution in [3.63, 3.8) is 0 Å². The summed E-state index contributed by atoms with van der Waals surface area (Å²) >= 11 is 0. The number of ether oxygens (including phenoxy) is 4. The van der Waals surface area contributed by atoms with E-state index in [1.165, 1.54) is 6.33 Å². The highest BCUT2D eigenvalue weighted by Crippen LogP contribution is 2.57. The van der Waals surface area contributed by atoms with E-state index in [9.17, 15) is 5.26 Å². The second-order valence-electron chi connectivity index (χ2n) is 16.2. The zero-order chi connectivity index (χ0) is 45.3. The lowest BCUT2D eigenvalue weighted by Crippen LogP contribution is -2.40. The fraction of sp³-hybridized carbons (Fsp3) is 0.435. The fourth-order valence-electron chi connectivity index (χ4n) is 8.00. The number of rotatable bonds is 20. The maximum absolute atomic E-state index is 15.4. The minimum atomic E-state index is -3.68. The summed E-state index contributed by atoms with van der Waals surface area (Å²) < 4.78 is 51.7. The molecule has 16 nitrogen and oxygen atoms in total. The molecule has 0 N–H and O–H groups in total. The van der Waals surface area contributed by atoms with Gasteiger partial charge in [0.15, 0.2) is 17.0 Å².